The Morgan fingerprint density at radius 3 is 2.35 bits per heavy atom. The van der Waals surface area contributed by atoms with Crippen LogP contribution in [0.3, 0.4) is 0 Å². The van der Waals surface area contributed by atoms with Crippen molar-refractivity contribution >= 4 is 23.8 Å². The lowest BCUT2D eigenvalue weighted by Crippen LogP contribution is -2.49. The Labute approximate surface area is 149 Å². The molecular weight excluding hydrogens is 349 g/mol. The van der Waals surface area contributed by atoms with Gasteiger partial charge in [0.15, 0.2) is 0 Å². The zero-order valence-corrected chi connectivity index (χ0v) is 14.4. The maximum absolute atomic E-state index is 13.2. The maximum atomic E-state index is 13.2. The van der Waals surface area contributed by atoms with E-state index < -0.39 is 48.0 Å². The number of benzene rings is 1. The molecule has 0 aromatic heterocycles. The first-order valence-corrected chi connectivity index (χ1v) is 7.91. The minimum absolute atomic E-state index is 0.0393. The molecule has 0 bridgehead atoms. The van der Waals surface area contributed by atoms with Gasteiger partial charge in [0.25, 0.3) is 5.91 Å². The smallest absolute Gasteiger partial charge is 0.327 e. The van der Waals surface area contributed by atoms with Crippen molar-refractivity contribution in [3.63, 3.8) is 0 Å². The molecule has 1 amide bonds. The minimum Gasteiger partial charge on any atom is -0.480 e. The van der Waals surface area contributed by atoms with Gasteiger partial charge in [-0.25, -0.2) is 9.18 Å². The van der Waals surface area contributed by atoms with Crippen molar-refractivity contribution in [3.05, 3.63) is 35.6 Å². The standard InChI is InChI=1S/C17H20FNO7/c1-3-25-13(20)9-12(17(24)26-4-2)14(16(22)23)19-15(21)10-6-5-7-11(18)8-10/h5-8,12,14H,3-4,9H2,1-2H3,(H,19,21)(H,22,23)/t12-,14-/m0/s1. The highest BCUT2D eigenvalue weighted by atomic mass is 19.1. The summed E-state index contributed by atoms with van der Waals surface area (Å²) in [4.78, 5) is 47.6. The van der Waals surface area contributed by atoms with Gasteiger partial charge in [0.05, 0.1) is 25.6 Å². The fourth-order valence-electron chi connectivity index (χ4n) is 2.17. The molecule has 0 spiro atoms. The summed E-state index contributed by atoms with van der Waals surface area (Å²) in [6.07, 6.45) is -0.590. The van der Waals surface area contributed by atoms with Gasteiger partial charge in [0, 0.05) is 5.56 Å². The predicted molar refractivity (Wildman–Crippen MR) is 86.7 cm³/mol. The maximum Gasteiger partial charge on any atom is 0.327 e. The van der Waals surface area contributed by atoms with Crippen molar-refractivity contribution in [2.24, 2.45) is 5.92 Å². The Bertz CT molecular complexity index is 677. The van der Waals surface area contributed by atoms with Gasteiger partial charge in [-0.15, -0.1) is 0 Å². The average molecular weight is 369 g/mol. The quantitative estimate of drug-likeness (QED) is 0.627. The van der Waals surface area contributed by atoms with E-state index in [1.165, 1.54) is 19.1 Å². The molecule has 0 heterocycles. The van der Waals surface area contributed by atoms with E-state index in [2.05, 4.69) is 5.32 Å². The van der Waals surface area contributed by atoms with Crippen LogP contribution in [0.25, 0.3) is 0 Å². The summed E-state index contributed by atoms with van der Waals surface area (Å²) in [6, 6.07) is 2.84. The second-order valence-electron chi connectivity index (χ2n) is 5.17. The van der Waals surface area contributed by atoms with Crippen molar-refractivity contribution in [2.75, 3.05) is 13.2 Å². The summed E-state index contributed by atoms with van der Waals surface area (Å²) in [5, 5.41) is 11.5. The number of hydrogen-bond donors (Lipinski definition) is 2. The van der Waals surface area contributed by atoms with Crippen LogP contribution >= 0.6 is 0 Å². The number of carboxylic acids is 1. The van der Waals surface area contributed by atoms with Crippen molar-refractivity contribution < 1.29 is 38.1 Å². The number of esters is 2. The molecule has 0 radical (unpaired) electrons. The molecule has 0 aliphatic heterocycles. The zero-order valence-electron chi connectivity index (χ0n) is 14.4. The molecule has 0 fully saturated rings. The summed E-state index contributed by atoms with van der Waals surface area (Å²) in [5.41, 5.74) is -0.130. The van der Waals surface area contributed by atoms with Crippen molar-refractivity contribution in [2.45, 2.75) is 26.3 Å². The third kappa shape index (κ3) is 6.15. The van der Waals surface area contributed by atoms with Crippen LogP contribution in [0.15, 0.2) is 24.3 Å². The second kappa shape index (κ2) is 10.1. The van der Waals surface area contributed by atoms with Crippen molar-refractivity contribution in [3.8, 4) is 0 Å². The highest BCUT2D eigenvalue weighted by Gasteiger charge is 2.38. The molecule has 0 aliphatic rings. The van der Waals surface area contributed by atoms with Crippen LogP contribution in [-0.2, 0) is 23.9 Å². The minimum atomic E-state index is -1.76. The highest BCUT2D eigenvalue weighted by molar-refractivity contribution is 5.98. The molecule has 0 aliphatic carbocycles. The van der Waals surface area contributed by atoms with Crippen LogP contribution in [-0.4, -0.2) is 48.2 Å². The second-order valence-corrected chi connectivity index (χ2v) is 5.17. The lowest BCUT2D eigenvalue weighted by molar-refractivity contribution is -0.159. The van der Waals surface area contributed by atoms with Gasteiger partial charge >= 0.3 is 17.9 Å². The van der Waals surface area contributed by atoms with Crippen molar-refractivity contribution in [1.82, 2.24) is 5.32 Å². The Kier molecular flexibility index (Phi) is 8.20. The SMILES string of the molecule is CCOC(=O)C[C@H](C(=O)OCC)[C@H](NC(=O)c1cccc(F)c1)C(=O)O. The molecule has 0 saturated carbocycles. The van der Waals surface area contributed by atoms with Gasteiger partial charge in [-0.2, -0.15) is 0 Å². The molecule has 26 heavy (non-hydrogen) atoms. The fourth-order valence-corrected chi connectivity index (χ4v) is 2.17. The molecule has 0 unspecified atom stereocenters. The van der Waals surface area contributed by atoms with Gasteiger partial charge in [-0.3, -0.25) is 14.4 Å². The Morgan fingerprint density at radius 2 is 1.81 bits per heavy atom. The average Bonchev–Trinajstić information content (AvgIpc) is 2.58. The number of nitrogens with one attached hydrogen (secondary N) is 1. The topological polar surface area (TPSA) is 119 Å². The summed E-state index contributed by atoms with van der Waals surface area (Å²) in [5.74, 6) is -6.40. The molecule has 2 N–H and O–H groups in total. The first-order chi connectivity index (χ1) is 12.3. The van der Waals surface area contributed by atoms with Crippen LogP contribution < -0.4 is 5.32 Å². The number of carbonyl (C=O) groups excluding carboxylic acids is 3. The third-order valence-corrected chi connectivity index (χ3v) is 3.32. The summed E-state index contributed by atoms with van der Waals surface area (Å²) < 4.78 is 22.8. The van der Waals surface area contributed by atoms with E-state index in [9.17, 15) is 28.7 Å². The number of carbonyl (C=O) groups is 4. The van der Waals surface area contributed by atoms with Crippen LogP contribution in [0.1, 0.15) is 30.6 Å². The summed E-state index contributed by atoms with van der Waals surface area (Å²) in [6.45, 7) is 3.07. The van der Waals surface area contributed by atoms with Gasteiger partial charge < -0.3 is 19.9 Å². The van der Waals surface area contributed by atoms with Crippen LogP contribution in [0.2, 0.25) is 0 Å². The third-order valence-electron chi connectivity index (χ3n) is 3.32. The highest BCUT2D eigenvalue weighted by Crippen LogP contribution is 2.15. The van der Waals surface area contributed by atoms with Crippen LogP contribution in [0.5, 0.6) is 0 Å². The molecule has 1 rings (SSSR count). The molecule has 0 saturated heterocycles. The summed E-state index contributed by atoms with van der Waals surface area (Å²) in [7, 11) is 0. The van der Waals surface area contributed by atoms with E-state index >= 15 is 0 Å². The fraction of sp³-hybridized carbons (Fsp3) is 0.412. The lowest BCUT2D eigenvalue weighted by atomic mass is 9.95. The van der Waals surface area contributed by atoms with E-state index in [1.54, 1.807) is 6.92 Å². The number of hydrogen-bond acceptors (Lipinski definition) is 6. The number of carboxylic acid groups (broad SMARTS) is 1. The van der Waals surface area contributed by atoms with E-state index in [0.717, 1.165) is 12.1 Å². The first kappa shape index (κ1) is 21.1. The molecular formula is C17H20FNO7. The van der Waals surface area contributed by atoms with Gasteiger partial charge in [-0.05, 0) is 32.0 Å². The van der Waals surface area contributed by atoms with E-state index in [-0.39, 0.29) is 18.8 Å². The molecule has 8 nitrogen and oxygen atoms in total. The van der Waals surface area contributed by atoms with Crippen molar-refractivity contribution in [1.29, 1.82) is 0 Å². The Balaban J connectivity index is 3.06. The first-order valence-electron chi connectivity index (χ1n) is 7.91. The molecule has 142 valence electrons. The van der Waals surface area contributed by atoms with E-state index in [0.29, 0.717) is 0 Å². The van der Waals surface area contributed by atoms with E-state index in [4.69, 9.17) is 9.47 Å². The number of halogens is 1. The number of aliphatic carboxylic acids is 1. The van der Waals surface area contributed by atoms with Gasteiger partial charge in [0.2, 0.25) is 0 Å². The normalized spacial score (nSPS) is 12.6. The number of amides is 1. The molecule has 1 aromatic carbocycles. The lowest BCUT2D eigenvalue weighted by Gasteiger charge is -2.22. The number of rotatable bonds is 9. The van der Waals surface area contributed by atoms with Crippen LogP contribution in [0, 0.1) is 11.7 Å². The van der Waals surface area contributed by atoms with Gasteiger partial charge in [-0.1, -0.05) is 6.07 Å². The van der Waals surface area contributed by atoms with Gasteiger partial charge in [0.1, 0.15) is 11.9 Å². The predicted octanol–water partition coefficient (Wildman–Crippen LogP) is 1.14. The zero-order chi connectivity index (χ0) is 19.7. The Hall–Kier alpha value is -2.97. The largest absolute Gasteiger partial charge is 0.480 e. The van der Waals surface area contributed by atoms with E-state index in [1.807, 2.05) is 0 Å². The summed E-state index contributed by atoms with van der Waals surface area (Å²) >= 11 is 0. The Morgan fingerprint density at radius 1 is 1.15 bits per heavy atom. The molecule has 9 heteroatoms. The molecule has 1 aromatic rings. The van der Waals surface area contributed by atoms with Crippen LogP contribution in [0.4, 0.5) is 4.39 Å². The molecule has 2 atom stereocenters. The monoisotopic (exact) mass is 369 g/mol. The number of ether oxygens (including phenoxy) is 2.